The molecule has 10 heteroatoms. The molecule has 0 fully saturated rings. The highest BCUT2D eigenvalue weighted by atomic mass is 19.1. The van der Waals surface area contributed by atoms with Gasteiger partial charge in [0, 0.05) is 5.56 Å². The molecule has 0 aliphatic rings. The second kappa shape index (κ2) is 7.74. The Morgan fingerprint density at radius 1 is 1.17 bits per heavy atom. The van der Waals surface area contributed by atoms with Gasteiger partial charge in [-0.05, 0) is 43.3 Å². The minimum atomic E-state index is -0.651. The highest BCUT2D eigenvalue weighted by molar-refractivity contribution is 5.81. The van der Waals surface area contributed by atoms with Crippen molar-refractivity contribution < 1.29 is 13.7 Å². The quantitative estimate of drug-likeness (QED) is 0.518. The summed E-state index contributed by atoms with van der Waals surface area (Å²) in [6.07, 6.45) is 0. The van der Waals surface area contributed by atoms with Gasteiger partial charge in [0.15, 0.2) is 0 Å². The fourth-order valence-electron chi connectivity index (χ4n) is 2.98. The van der Waals surface area contributed by atoms with Crippen molar-refractivity contribution in [3.63, 3.8) is 0 Å². The molecule has 4 rings (SSSR count). The van der Waals surface area contributed by atoms with Gasteiger partial charge in [0.1, 0.15) is 18.4 Å². The summed E-state index contributed by atoms with van der Waals surface area (Å²) >= 11 is 0. The Morgan fingerprint density at radius 2 is 1.87 bits per heavy atom. The molecule has 1 unspecified atom stereocenters. The van der Waals surface area contributed by atoms with Crippen LogP contribution in [0.4, 0.5) is 4.39 Å². The molecule has 2 N–H and O–H groups in total. The van der Waals surface area contributed by atoms with Crippen molar-refractivity contribution in [3.8, 4) is 11.4 Å². The van der Waals surface area contributed by atoms with E-state index in [2.05, 4.69) is 20.6 Å². The van der Waals surface area contributed by atoms with E-state index in [1.54, 1.807) is 19.1 Å². The molecular weight excluding hydrogens is 393 g/mol. The molecule has 1 atom stereocenters. The third-order valence-electron chi connectivity index (χ3n) is 4.48. The van der Waals surface area contributed by atoms with Crippen molar-refractivity contribution >= 4 is 16.7 Å². The zero-order valence-corrected chi connectivity index (χ0v) is 15.8. The Morgan fingerprint density at radius 3 is 2.60 bits per heavy atom. The van der Waals surface area contributed by atoms with Gasteiger partial charge in [-0.2, -0.15) is 4.98 Å². The monoisotopic (exact) mass is 409 g/mol. The molecule has 0 aliphatic carbocycles. The zero-order valence-electron chi connectivity index (χ0n) is 15.8. The molecule has 0 radical (unpaired) electrons. The van der Waals surface area contributed by atoms with Gasteiger partial charge in [-0.1, -0.05) is 17.3 Å². The smallest absolute Gasteiger partial charge is 0.273 e. The van der Waals surface area contributed by atoms with Crippen LogP contribution < -0.4 is 16.4 Å². The van der Waals surface area contributed by atoms with Gasteiger partial charge in [0.05, 0.1) is 10.8 Å². The fourth-order valence-corrected chi connectivity index (χ4v) is 2.98. The molecule has 0 saturated heterocycles. The second-order valence-electron chi connectivity index (χ2n) is 6.63. The van der Waals surface area contributed by atoms with Crippen LogP contribution in [0.1, 0.15) is 18.9 Å². The summed E-state index contributed by atoms with van der Waals surface area (Å²) in [6, 6.07) is 11.3. The maximum absolute atomic E-state index is 13.0. The third-order valence-corrected chi connectivity index (χ3v) is 4.48. The van der Waals surface area contributed by atoms with Crippen LogP contribution in [-0.2, 0) is 11.3 Å². The van der Waals surface area contributed by atoms with Gasteiger partial charge in [-0.25, -0.2) is 9.07 Å². The minimum absolute atomic E-state index is 0.141. The number of aromatic nitrogens is 4. The lowest BCUT2D eigenvalue weighted by atomic mass is 10.2. The summed E-state index contributed by atoms with van der Waals surface area (Å²) in [5.74, 6) is -0.523. The number of carbonyl (C=O) groups excluding carboxylic acids is 1. The Hall–Kier alpha value is -4.08. The lowest BCUT2D eigenvalue weighted by molar-refractivity contribution is -0.122. The topological polar surface area (TPSA) is 123 Å². The van der Waals surface area contributed by atoms with Gasteiger partial charge >= 0.3 is 0 Å². The number of fused-ring (bicyclic) bond motifs is 1. The molecule has 1 amide bonds. The van der Waals surface area contributed by atoms with E-state index in [1.807, 2.05) is 0 Å². The summed E-state index contributed by atoms with van der Waals surface area (Å²) < 4.78 is 19.2. The number of carbonyl (C=O) groups is 1. The summed E-state index contributed by atoms with van der Waals surface area (Å²) in [5, 5.41) is 9.34. The van der Waals surface area contributed by atoms with Crippen LogP contribution in [0.15, 0.2) is 62.6 Å². The molecule has 2 heterocycles. The number of nitrogens with zero attached hydrogens (tertiary/aromatic N) is 3. The lowest BCUT2D eigenvalue weighted by Gasteiger charge is -2.11. The van der Waals surface area contributed by atoms with E-state index in [4.69, 9.17) is 4.52 Å². The van der Waals surface area contributed by atoms with Crippen LogP contribution in [0.2, 0.25) is 0 Å². The first kappa shape index (κ1) is 19.2. The van der Waals surface area contributed by atoms with Gasteiger partial charge in [0.25, 0.3) is 11.1 Å². The molecular formula is C20H16FN5O4. The highest BCUT2D eigenvalue weighted by Gasteiger charge is 2.18. The second-order valence-corrected chi connectivity index (χ2v) is 6.63. The number of aromatic amines is 1. The molecule has 0 bridgehead atoms. The zero-order chi connectivity index (χ0) is 21.3. The average Bonchev–Trinajstić information content (AvgIpc) is 3.23. The van der Waals surface area contributed by atoms with E-state index < -0.39 is 23.1 Å². The van der Waals surface area contributed by atoms with Crippen molar-refractivity contribution in [2.45, 2.75) is 19.5 Å². The largest absolute Gasteiger partial charge is 0.343 e. The number of nitrogens with one attached hydrogen (secondary N) is 2. The van der Waals surface area contributed by atoms with E-state index in [0.29, 0.717) is 5.56 Å². The number of benzene rings is 2. The SMILES string of the molecule is CC(NC(=O)Cn1[nH]c(=O)c2ccccc2c1=O)c1nc(-c2ccc(F)cc2)no1. The summed E-state index contributed by atoms with van der Waals surface area (Å²) in [4.78, 5) is 41.2. The number of H-pyrrole nitrogens is 1. The predicted octanol–water partition coefficient (Wildman–Crippen LogP) is 1.76. The number of amides is 1. The number of hydrogen-bond donors (Lipinski definition) is 2. The first-order chi connectivity index (χ1) is 14.4. The van der Waals surface area contributed by atoms with Gasteiger partial charge in [-0.3, -0.25) is 19.5 Å². The number of halogens is 1. The Kier molecular flexibility index (Phi) is 4.97. The molecule has 0 spiro atoms. The van der Waals surface area contributed by atoms with Crippen LogP contribution in [0.3, 0.4) is 0 Å². The van der Waals surface area contributed by atoms with E-state index in [1.165, 1.54) is 36.4 Å². The standard InChI is InChI=1S/C20H16FN5O4/c1-11(19-23-17(25-30-19)12-6-8-13(21)9-7-12)22-16(27)10-26-20(29)15-5-3-2-4-14(15)18(28)24-26/h2-9,11H,10H2,1H3,(H,22,27)(H,24,28). The van der Waals surface area contributed by atoms with E-state index >= 15 is 0 Å². The van der Waals surface area contributed by atoms with E-state index in [9.17, 15) is 18.8 Å². The summed E-state index contributed by atoms with van der Waals surface area (Å²) in [5.41, 5.74) is -0.388. The van der Waals surface area contributed by atoms with E-state index in [0.717, 1.165) is 4.68 Å². The average molecular weight is 409 g/mol. The summed E-state index contributed by atoms with van der Waals surface area (Å²) in [7, 11) is 0. The number of hydrogen-bond acceptors (Lipinski definition) is 6. The molecule has 9 nitrogen and oxygen atoms in total. The first-order valence-corrected chi connectivity index (χ1v) is 9.03. The predicted molar refractivity (Wildman–Crippen MR) is 105 cm³/mol. The van der Waals surface area contributed by atoms with Gasteiger partial charge in [-0.15, -0.1) is 0 Å². The Labute approximate surface area is 168 Å². The highest BCUT2D eigenvalue weighted by Crippen LogP contribution is 2.19. The molecule has 30 heavy (non-hydrogen) atoms. The normalized spacial score (nSPS) is 12.1. The first-order valence-electron chi connectivity index (χ1n) is 9.03. The minimum Gasteiger partial charge on any atom is -0.343 e. The van der Waals surface area contributed by atoms with Crippen molar-refractivity contribution in [1.82, 2.24) is 25.2 Å². The van der Waals surface area contributed by atoms with Crippen molar-refractivity contribution in [2.24, 2.45) is 0 Å². The maximum atomic E-state index is 13.0. The maximum Gasteiger partial charge on any atom is 0.273 e. The Bertz CT molecular complexity index is 1340. The third kappa shape index (κ3) is 3.75. The van der Waals surface area contributed by atoms with Crippen molar-refractivity contribution in [3.05, 3.63) is 80.9 Å². The molecule has 0 aliphatic heterocycles. The fraction of sp³-hybridized carbons (Fsp3) is 0.150. The molecule has 2 aromatic heterocycles. The lowest BCUT2D eigenvalue weighted by Crippen LogP contribution is -2.37. The summed E-state index contributed by atoms with van der Waals surface area (Å²) in [6.45, 7) is 1.24. The van der Waals surface area contributed by atoms with E-state index in [-0.39, 0.29) is 34.8 Å². The van der Waals surface area contributed by atoms with Crippen LogP contribution in [-0.4, -0.2) is 25.8 Å². The molecule has 2 aromatic carbocycles. The number of rotatable bonds is 5. The van der Waals surface area contributed by atoms with Crippen LogP contribution in [0.5, 0.6) is 0 Å². The van der Waals surface area contributed by atoms with Crippen LogP contribution >= 0.6 is 0 Å². The molecule has 0 saturated carbocycles. The van der Waals surface area contributed by atoms with Gasteiger partial charge in [0.2, 0.25) is 17.6 Å². The molecule has 4 aromatic rings. The molecule has 152 valence electrons. The van der Waals surface area contributed by atoms with Crippen LogP contribution in [0.25, 0.3) is 22.2 Å². The van der Waals surface area contributed by atoms with Gasteiger partial charge < -0.3 is 9.84 Å². The van der Waals surface area contributed by atoms with Crippen LogP contribution in [0, 0.1) is 5.82 Å². The Balaban J connectivity index is 1.49. The van der Waals surface area contributed by atoms with Crippen molar-refractivity contribution in [1.29, 1.82) is 0 Å². The van der Waals surface area contributed by atoms with Crippen molar-refractivity contribution in [2.75, 3.05) is 0 Å².